The molecule has 0 atom stereocenters. The standard InChI is InChI=1S/C18H15NO3S3/c20-17(12-3-5-13(6-4-12)18-24-8-9-25-18)22-11-14-10-21-16(19-14)15-2-1-7-23-15/h1-7,10,18H,8-9,11H2. The van der Waals surface area contributed by atoms with Crippen LogP contribution >= 0.6 is 34.9 Å². The van der Waals surface area contributed by atoms with Crippen molar-refractivity contribution >= 4 is 40.8 Å². The van der Waals surface area contributed by atoms with Gasteiger partial charge in [0.1, 0.15) is 18.6 Å². The van der Waals surface area contributed by atoms with E-state index in [1.807, 2.05) is 65.3 Å². The van der Waals surface area contributed by atoms with Gasteiger partial charge in [-0.15, -0.1) is 34.9 Å². The lowest BCUT2D eigenvalue weighted by Gasteiger charge is -2.09. The number of carbonyl (C=O) groups is 1. The smallest absolute Gasteiger partial charge is 0.338 e. The summed E-state index contributed by atoms with van der Waals surface area (Å²) in [6.45, 7) is 0.101. The molecule has 1 aliphatic heterocycles. The van der Waals surface area contributed by atoms with Crippen LogP contribution in [0.2, 0.25) is 0 Å². The minimum atomic E-state index is -0.348. The van der Waals surface area contributed by atoms with Crippen molar-refractivity contribution in [3.63, 3.8) is 0 Å². The summed E-state index contributed by atoms with van der Waals surface area (Å²) in [5, 5.41) is 1.96. The fourth-order valence-corrected chi connectivity index (χ4v) is 5.95. The second-order valence-electron chi connectivity index (χ2n) is 5.39. The normalized spacial score (nSPS) is 14.7. The Hall–Kier alpha value is -1.70. The van der Waals surface area contributed by atoms with E-state index in [0.717, 1.165) is 4.88 Å². The van der Waals surface area contributed by atoms with Crippen molar-refractivity contribution in [2.24, 2.45) is 0 Å². The Bertz CT molecular complexity index is 837. The molecule has 0 N–H and O–H groups in total. The van der Waals surface area contributed by atoms with Crippen molar-refractivity contribution in [1.82, 2.24) is 4.98 Å². The highest BCUT2D eigenvalue weighted by molar-refractivity contribution is 8.19. The molecule has 0 spiro atoms. The van der Waals surface area contributed by atoms with Gasteiger partial charge in [-0.3, -0.25) is 0 Å². The van der Waals surface area contributed by atoms with Crippen molar-refractivity contribution in [3.8, 4) is 10.8 Å². The van der Waals surface area contributed by atoms with E-state index in [1.54, 1.807) is 11.3 Å². The van der Waals surface area contributed by atoms with Crippen molar-refractivity contribution in [2.75, 3.05) is 11.5 Å². The van der Waals surface area contributed by atoms with Gasteiger partial charge in [0.15, 0.2) is 0 Å². The van der Waals surface area contributed by atoms with Crippen LogP contribution in [0, 0.1) is 0 Å². The summed E-state index contributed by atoms with van der Waals surface area (Å²) < 4.78 is 11.2. The van der Waals surface area contributed by atoms with Crippen LogP contribution in [0.3, 0.4) is 0 Å². The highest BCUT2D eigenvalue weighted by Crippen LogP contribution is 2.45. The van der Waals surface area contributed by atoms with Crippen molar-refractivity contribution in [3.05, 3.63) is 64.9 Å². The number of hydrogen-bond acceptors (Lipinski definition) is 7. The molecule has 1 aliphatic rings. The van der Waals surface area contributed by atoms with Crippen LogP contribution in [-0.2, 0) is 11.3 Å². The maximum atomic E-state index is 12.2. The maximum Gasteiger partial charge on any atom is 0.338 e. The summed E-state index contributed by atoms with van der Waals surface area (Å²) in [7, 11) is 0. The number of rotatable bonds is 5. The van der Waals surface area contributed by atoms with Crippen LogP contribution in [0.4, 0.5) is 0 Å². The minimum Gasteiger partial charge on any atom is -0.455 e. The molecule has 0 bridgehead atoms. The number of esters is 1. The molecule has 3 aromatic rings. The van der Waals surface area contributed by atoms with E-state index < -0.39 is 0 Å². The number of oxazole rings is 1. The molecule has 1 aromatic carbocycles. The molecule has 0 saturated carbocycles. The van der Waals surface area contributed by atoms with Crippen molar-refractivity contribution < 1.29 is 13.9 Å². The topological polar surface area (TPSA) is 52.3 Å². The first-order valence-electron chi connectivity index (χ1n) is 7.78. The lowest BCUT2D eigenvalue weighted by Crippen LogP contribution is -2.05. The first-order chi connectivity index (χ1) is 12.3. The first kappa shape index (κ1) is 16.8. The largest absolute Gasteiger partial charge is 0.455 e. The summed E-state index contributed by atoms with van der Waals surface area (Å²) in [4.78, 5) is 17.5. The van der Waals surface area contributed by atoms with Crippen LogP contribution in [0.15, 0.2) is 52.5 Å². The number of thiophene rings is 1. The monoisotopic (exact) mass is 389 g/mol. The number of ether oxygens (including phenoxy) is 1. The molecule has 1 saturated heterocycles. The molecular weight excluding hydrogens is 374 g/mol. The van der Waals surface area contributed by atoms with Gasteiger partial charge in [-0.1, -0.05) is 18.2 Å². The van der Waals surface area contributed by atoms with Crippen LogP contribution in [-0.4, -0.2) is 22.5 Å². The molecule has 3 heterocycles. The predicted octanol–water partition coefficient (Wildman–Crippen LogP) is 5.24. The third-order valence-electron chi connectivity index (χ3n) is 3.68. The van der Waals surface area contributed by atoms with Gasteiger partial charge in [0.25, 0.3) is 0 Å². The molecule has 1 fully saturated rings. The molecule has 128 valence electrons. The van der Waals surface area contributed by atoms with Crippen LogP contribution in [0.5, 0.6) is 0 Å². The van der Waals surface area contributed by atoms with E-state index in [-0.39, 0.29) is 12.6 Å². The predicted molar refractivity (Wildman–Crippen MR) is 103 cm³/mol. The number of thioether (sulfide) groups is 2. The Labute approximate surface area is 158 Å². The zero-order chi connectivity index (χ0) is 17.1. The van der Waals surface area contributed by atoms with Gasteiger partial charge in [0, 0.05) is 11.5 Å². The van der Waals surface area contributed by atoms with Gasteiger partial charge in [0.05, 0.1) is 15.0 Å². The molecule has 25 heavy (non-hydrogen) atoms. The molecule has 0 radical (unpaired) electrons. The van der Waals surface area contributed by atoms with Crippen LogP contribution < -0.4 is 0 Å². The van der Waals surface area contributed by atoms with Gasteiger partial charge in [-0.05, 0) is 29.1 Å². The zero-order valence-electron chi connectivity index (χ0n) is 13.2. The molecule has 7 heteroatoms. The molecule has 4 nitrogen and oxygen atoms in total. The van der Waals surface area contributed by atoms with E-state index in [1.165, 1.54) is 23.3 Å². The Morgan fingerprint density at radius 1 is 1.20 bits per heavy atom. The van der Waals surface area contributed by atoms with Gasteiger partial charge >= 0.3 is 5.97 Å². The number of hydrogen-bond donors (Lipinski definition) is 0. The van der Waals surface area contributed by atoms with Crippen molar-refractivity contribution in [1.29, 1.82) is 0 Å². The van der Waals surface area contributed by atoms with E-state index in [4.69, 9.17) is 9.15 Å². The molecule has 0 amide bonds. The lowest BCUT2D eigenvalue weighted by molar-refractivity contribution is 0.0468. The fraction of sp³-hybridized carbons (Fsp3) is 0.222. The summed E-state index contributed by atoms with van der Waals surface area (Å²) >= 11 is 5.45. The summed E-state index contributed by atoms with van der Waals surface area (Å²) in [5.74, 6) is 2.57. The maximum absolute atomic E-state index is 12.2. The Morgan fingerprint density at radius 3 is 2.72 bits per heavy atom. The lowest BCUT2D eigenvalue weighted by atomic mass is 10.1. The quantitative estimate of drug-likeness (QED) is 0.556. The summed E-state index contributed by atoms with van der Waals surface area (Å²) in [6.07, 6.45) is 1.53. The van der Waals surface area contributed by atoms with Crippen LogP contribution in [0.1, 0.15) is 26.2 Å². The number of nitrogens with zero attached hydrogens (tertiary/aromatic N) is 1. The van der Waals surface area contributed by atoms with E-state index in [9.17, 15) is 4.79 Å². The first-order valence-corrected chi connectivity index (χ1v) is 10.8. The van der Waals surface area contributed by atoms with Crippen LogP contribution in [0.25, 0.3) is 10.8 Å². The fourth-order valence-electron chi connectivity index (χ4n) is 2.44. The molecule has 4 rings (SSSR count). The number of carbonyl (C=O) groups excluding carboxylic acids is 1. The minimum absolute atomic E-state index is 0.101. The second kappa shape index (κ2) is 7.68. The van der Waals surface area contributed by atoms with Gasteiger partial charge in [-0.2, -0.15) is 0 Å². The van der Waals surface area contributed by atoms with Gasteiger partial charge < -0.3 is 9.15 Å². The second-order valence-corrected chi connectivity index (χ2v) is 9.07. The number of benzene rings is 1. The van der Waals surface area contributed by atoms with Gasteiger partial charge in [0.2, 0.25) is 5.89 Å². The SMILES string of the molecule is O=C(OCc1coc(-c2cccs2)n1)c1ccc(C2SCCS2)cc1. The third-order valence-corrected chi connectivity index (χ3v) is 7.64. The highest BCUT2D eigenvalue weighted by Gasteiger charge is 2.19. The summed E-state index contributed by atoms with van der Waals surface area (Å²) in [6, 6.07) is 11.6. The summed E-state index contributed by atoms with van der Waals surface area (Å²) in [5.41, 5.74) is 2.41. The average Bonchev–Trinajstić information content (AvgIpc) is 3.42. The van der Waals surface area contributed by atoms with Gasteiger partial charge in [-0.25, -0.2) is 9.78 Å². The number of aromatic nitrogens is 1. The molecule has 0 unspecified atom stereocenters. The highest BCUT2D eigenvalue weighted by atomic mass is 32.2. The molecule has 2 aromatic heterocycles. The molecular formula is C18H15NO3S3. The third kappa shape index (κ3) is 3.94. The van der Waals surface area contributed by atoms with Crippen molar-refractivity contribution in [2.45, 2.75) is 11.2 Å². The molecule has 0 aliphatic carbocycles. The van der Waals surface area contributed by atoms with E-state index in [2.05, 4.69) is 4.98 Å². The van der Waals surface area contributed by atoms with E-state index in [0.29, 0.717) is 21.7 Å². The zero-order valence-corrected chi connectivity index (χ0v) is 15.7. The van der Waals surface area contributed by atoms with E-state index >= 15 is 0 Å². The Morgan fingerprint density at radius 2 is 2.00 bits per heavy atom. The Balaban J connectivity index is 1.35. The Kier molecular flexibility index (Phi) is 5.14. The average molecular weight is 390 g/mol.